The van der Waals surface area contributed by atoms with E-state index in [9.17, 15) is 4.79 Å². The van der Waals surface area contributed by atoms with Crippen molar-refractivity contribution in [2.24, 2.45) is 5.92 Å². The molecule has 0 aromatic carbocycles. The van der Waals surface area contributed by atoms with Crippen molar-refractivity contribution in [2.45, 2.75) is 50.9 Å². The van der Waals surface area contributed by atoms with Gasteiger partial charge in [0.1, 0.15) is 0 Å². The number of piperidine rings is 1. The second kappa shape index (κ2) is 6.08. The van der Waals surface area contributed by atoms with E-state index in [1.165, 1.54) is 24.1 Å². The van der Waals surface area contributed by atoms with E-state index in [2.05, 4.69) is 22.4 Å². The Hall–Kier alpha value is -0.830. The monoisotopic (exact) mass is 277 g/mol. The van der Waals surface area contributed by atoms with Crippen molar-refractivity contribution in [3.63, 3.8) is 0 Å². The van der Waals surface area contributed by atoms with Crippen LogP contribution in [-0.2, 0) is 4.79 Å². The van der Waals surface area contributed by atoms with E-state index in [1.807, 2.05) is 11.3 Å². The first-order valence-electron chi connectivity index (χ1n) is 7.67. The van der Waals surface area contributed by atoms with Crippen LogP contribution in [0, 0.1) is 5.92 Å². The topological polar surface area (TPSA) is 20.3 Å². The summed E-state index contributed by atoms with van der Waals surface area (Å²) in [5.41, 5.74) is 0. The summed E-state index contributed by atoms with van der Waals surface area (Å²) in [7, 11) is 0. The van der Waals surface area contributed by atoms with Crippen molar-refractivity contribution < 1.29 is 4.79 Å². The zero-order valence-electron chi connectivity index (χ0n) is 11.5. The van der Waals surface area contributed by atoms with Crippen LogP contribution in [0.5, 0.6) is 0 Å². The van der Waals surface area contributed by atoms with Gasteiger partial charge in [0.05, 0.1) is 0 Å². The van der Waals surface area contributed by atoms with Gasteiger partial charge in [-0.05, 0) is 43.0 Å². The normalized spacial score (nSPS) is 22.6. The number of nitrogens with zero attached hydrogens (tertiary/aromatic N) is 1. The van der Waals surface area contributed by atoms with Crippen molar-refractivity contribution in [1.29, 1.82) is 0 Å². The molecular formula is C16H23NOS. The highest BCUT2D eigenvalue weighted by atomic mass is 32.1. The SMILES string of the molecule is O=C(C1CCCCC1)N1CCC(c2cccs2)CC1. The van der Waals surface area contributed by atoms with Crippen LogP contribution in [0.3, 0.4) is 0 Å². The molecule has 0 bridgehead atoms. The van der Waals surface area contributed by atoms with E-state index in [1.54, 1.807) is 0 Å². The van der Waals surface area contributed by atoms with Crippen LogP contribution in [0.25, 0.3) is 0 Å². The summed E-state index contributed by atoms with van der Waals surface area (Å²) < 4.78 is 0. The van der Waals surface area contributed by atoms with Crippen molar-refractivity contribution in [2.75, 3.05) is 13.1 Å². The molecule has 2 nitrogen and oxygen atoms in total. The maximum Gasteiger partial charge on any atom is 0.225 e. The predicted molar refractivity (Wildman–Crippen MR) is 79.4 cm³/mol. The fourth-order valence-electron chi connectivity index (χ4n) is 3.52. The summed E-state index contributed by atoms with van der Waals surface area (Å²) >= 11 is 1.86. The molecule has 0 unspecified atom stereocenters. The van der Waals surface area contributed by atoms with Gasteiger partial charge in [-0.2, -0.15) is 0 Å². The van der Waals surface area contributed by atoms with E-state index in [0.29, 0.717) is 17.7 Å². The van der Waals surface area contributed by atoms with Crippen LogP contribution in [0.2, 0.25) is 0 Å². The Balaban J connectivity index is 1.53. The molecule has 2 aliphatic rings. The third-order valence-electron chi connectivity index (χ3n) is 4.71. The van der Waals surface area contributed by atoms with Crippen molar-refractivity contribution in [1.82, 2.24) is 4.90 Å². The second-order valence-electron chi connectivity index (χ2n) is 5.95. The minimum atomic E-state index is 0.340. The van der Waals surface area contributed by atoms with Gasteiger partial charge in [0.2, 0.25) is 5.91 Å². The molecule has 104 valence electrons. The van der Waals surface area contributed by atoms with Crippen LogP contribution < -0.4 is 0 Å². The summed E-state index contributed by atoms with van der Waals surface area (Å²) in [4.78, 5) is 16.1. The maximum atomic E-state index is 12.5. The first-order chi connectivity index (χ1) is 9.34. The molecule has 1 aromatic rings. The first-order valence-corrected chi connectivity index (χ1v) is 8.55. The van der Waals surface area contributed by atoms with E-state index in [0.717, 1.165) is 38.8 Å². The van der Waals surface area contributed by atoms with E-state index >= 15 is 0 Å². The average Bonchev–Trinajstić information content (AvgIpc) is 3.02. The molecule has 1 saturated heterocycles. The van der Waals surface area contributed by atoms with Crippen molar-refractivity contribution in [3.8, 4) is 0 Å². The summed E-state index contributed by atoms with van der Waals surface area (Å²) in [6.07, 6.45) is 8.39. The Morgan fingerprint density at radius 1 is 1.11 bits per heavy atom. The molecule has 1 saturated carbocycles. The Bertz CT molecular complexity index is 400. The zero-order valence-corrected chi connectivity index (χ0v) is 12.3. The van der Waals surface area contributed by atoms with Gasteiger partial charge in [0.15, 0.2) is 0 Å². The third-order valence-corrected chi connectivity index (χ3v) is 5.74. The van der Waals surface area contributed by atoms with Crippen LogP contribution in [0.15, 0.2) is 17.5 Å². The maximum absolute atomic E-state index is 12.5. The third kappa shape index (κ3) is 3.02. The summed E-state index contributed by atoms with van der Waals surface area (Å²) in [5, 5.41) is 2.16. The summed E-state index contributed by atoms with van der Waals surface area (Å²) in [5.74, 6) is 1.48. The lowest BCUT2D eigenvalue weighted by Crippen LogP contribution is -2.41. The van der Waals surface area contributed by atoms with Gasteiger partial charge < -0.3 is 4.90 Å². The van der Waals surface area contributed by atoms with Gasteiger partial charge in [-0.25, -0.2) is 0 Å². The Labute approximate surface area is 119 Å². The molecule has 19 heavy (non-hydrogen) atoms. The molecule has 2 heterocycles. The highest BCUT2D eigenvalue weighted by Crippen LogP contribution is 2.33. The molecule has 3 heteroatoms. The van der Waals surface area contributed by atoms with Gasteiger partial charge in [0, 0.05) is 23.9 Å². The number of thiophene rings is 1. The number of likely N-dealkylation sites (tertiary alicyclic amines) is 1. The Morgan fingerprint density at radius 2 is 1.84 bits per heavy atom. The van der Waals surface area contributed by atoms with Gasteiger partial charge in [0.25, 0.3) is 0 Å². The standard InChI is InChI=1S/C16H23NOS/c18-16(14-5-2-1-3-6-14)17-10-8-13(9-11-17)15-7-4-12-19-15/h4,7,12-14H,1-3,5-6,8-11H2. The quantitative estimate of drug-likeness (QED) is 0.799. The number of rotatable bonds is 2. The lowest BCUT2D eigenvalue weighted by Gasteiger charge is -2.35. The number of hydrogen-bond acceptors (Lipinski definition) is 2. The second-order valence-corrected chi connectivity index (χ2v) is 6.93. The molecule has 1 aromatic heterocycles. The predicted octanol–water partition coefficient (Wildman–Crippen LogP) is 4.03. The summed E-state index contributed by atoms with van der Waals surface area (Å²) in [6.45, 7) is 1.94. The minimum Gasteiger partial charge on any atom is -0.342 e. The lowest BCUT2D eigenvalue weighted by molar-refractivity contribution is -0.137. The van der Waals surface area contributed by atoms with E-state index in [-0.39, 0.29) is 0 Å². The fraction of sp³-hybridized carbons (Fsp3) is 0.688. The Morgan fingerprint density at radius 3 is 2.47 bits per heavy atom. The summed E-state index contributed by atoms with van der Waals surface area (Å²) in [6, 6.07) is 4.38. The van der Waals surface area contributed by atoms with Gasteiger partial charge in [-0.3, -0.25) is 4.79 Å². The van der Waals surface area contributed by atoms with Crippen LogP contribution in [0.1, 0.15) is 55.7 Å². The minimum absolute atomic E-state index is 0.340. The Kier molecular flexibility index (Phi) is 4.21. The van der Waals surface area contributed by atoms with Crippen LogP contribution in [0.4, 0.5) is 0 Å². The van der Waals surface area contributed by atoms with Gasteiger partial charge >= 0.3 is 0 Å². The fourth-order valence-corrected chi connectivity index (χ4v) is 4.42. The molecule has 3 rings (SSSR count). The molecule has 1 aliphatic heterocycles. The molecule has 1 amide bonds. The van der Waals surface area contributed by atoms with E-state index in [4.69, 9.17) is 0 Å². The van der Waals surface area contributed by atoms with Crippen LogP contribution >= 0.6 is 11.3 Å². The molecule has 0 atom stereocenters. The number of amides is 1. The smallest absolute Gasteiger partial charge is 0.225 e. The number of carbonyl (C=O) groups excluding carboxylic acids is 1. The molecule has 0 N–H and O–H groups in total. The molecular weight excluding hydrogens is 254 g/mol. The molecule has 2 fully saturated rings. The van der Waals surface area contributed by atoms with Crippen LogP contribution in [-0.4, -0.2) is 23.9 Å². The van der Waals surface area contributed by atoms with Crippen molar-refractivity contribution in [3.05, 3.63) is 22.4 Å². The first kappa shape index (κ1) is 13.2. The van der Waals surface area contributed by atoms with Crippen molar-refractivity contribution >= 4 is 17.2 Å². The molecule has 0 radical (unpaired) electrons. The van der Waals surface area contributed by atoms with Gasteiger partial charge in [-0.15, -0.1) is 11.3 Å². The number of carbonyl (C=O) groups is 1. The highest BCUT2D eigenvalue weighted by molar-refractivity contribution is 7.10. The van der Waals surface area contributed by atoms with E-state index < -0.39 is 0 Å². The lowest BCUT2D eigenvalue weighted by atomic mass is 9.87. The average molecular weight is 277 g/mol. The molecule has 0 spiro atoms. The largest absolute Gasteiger partial charge is 0.342 e. The highest BCUT2D eigenvalue weighted by Gasteiger charge is 2.29. The van der Waals surface area contributed by atoms with Gasteiger partial charge in [-0.1, -0.05) is 25.3 Å². The zero-order chi connectivity index (χ0) is 13.1. The number of hydrogen-bond donors (Lipinski definition) is 0. The molecule has 1 aliphatic carbocycles.